The number of amides is 2. The molecule has 3 rings (SSSR count). The molecule has 158 valence electrons. The molecule has 1 atom stereocenters. The van der Waals surface area contributed by atoms with Crippen LogP contribution >= 0.6 is 35.0 Å². The zero-order valence-electron chi connectivity index (χ0n) is 16.3. The Labute approximate surface area is 189 Å². The van der Waals surface area contributed by atoms with E-state index >= 15 is 0 Å². The first kappa shape index (κ1) is 22.6. The van der Waals surface area contributed by atoms with Crippen LogP contribution in [0.5, 0.6) is 0 Å². The summed E-state index contributed by atoms with van der Waals surface area (Å²) in [7, 11) is 1.62. The Balaban J connectivity index is 1.73. The van der Waals surface area contributed by atoms with Crippen molar-refractivity contribution in [3.05, 3.63) is 58.6 Å². The molecule has 1 N–H and O–H groups in total. The summed E-state index contributed by atoms with van der Waals surface area (Å²) in [6, 6.07) is 14.4. The number of carbonyl (C=O) groups excluding carboxylic acids is 2. The van der Waals surface area contributed by atoms with Crippen molar-refractivity contribution in [2.75, 3.05) is 25.6 Å². The molecule has 0 radical (unpaired) electrons. The molecule has 1 aliphatic heterocycles. The number of halogens is 2. The van der Waals surface area contributed by atoms with Gasteiger partial charge in [-0.2, -0.15) is 0 Å². The Morgan fingerprint density at radius 2 is 1.97 bits per heavy atom. The quantitative estimate of drug-likeness (QED) is 0.557. The van der Waals surface area contributed by atoms with Crippen molar-refractivity contribution in [3.63, 3.8) is 0 Å². The number of thioether (sulfide) groups is 1. The van der Waals surface area contributed by atoms with Gasteiger partial charge in [-0.15, -0.1) is 0 Å². The lowest BCUT2D eigenvalue weighted by Gasteiger charge is -2.16. The molecule has 6 nitrogen and oxygen atoms in total. The Morgan fingerprint density at radius 3 is 2.70 bits per heavy atom. The lowest BCUT2D eigenvalue weighted by atomic mass is 10.2. The molecule has 9 heteroatoms. The van der Waals surface area contributed by atoms with Crippen LogP contribution in [0.3, 0.4) is 0 Å². The van der Waals surface area contributed by atoms with E-state index in [9.17, 15) is 9.59 Å². The van der Waals surface area contributed by atoms with Gasteiger partial charge in [0.2, 0.25) is 11.8 Å². The lowest BCUT2D eigenvalue weighted by molar-refractivity contribution is -0.128. The number of nitrogens with one attached hydrogen (secondary N) is 1. The molecule has 1 saturated heterocycles. The van der Waals surface area contributed by atoms with Gasteiger partial charge in [0.15, 0.2) is 5.17 Å². The number of hydrogen-bond donors (Lipinski definition) is 1. The minimum Gasteiger partial charge on any atom is -0.385 e. The summed E-state index contributed by atoms with van der Waals surface area (Å²) in [6.07, 6.45) is 0.675. The molecule has 1 fully saturated rings. The topological polar surface area (TPSA) is 71.0 Å². The van der Waals surface area contributed by atoms with E-state index in [1.54, 1.807) is 30.2 Å². The molecule has 2 amide bonds. The first-order chi connectivity index (χ1) is 14.5. The van der Waals surface area contributed by atoms with E-state index in [2.05, 4.69) is 10.3 Å². The summed E-state index contributed by atoms with van der Waals surface area (Å²) in [4.78, 5) is 31.8. The Bertz CT molecular complexity index is 940. The number of para-hydroxylation sites is 1. The third-order valence-corrected chi connectivity index (χ3v) is 6.32. The number of hydrogen-bond acceptors (Lipinski definition) is 5. The van der Waals surface area contributed by atoms with E-state index in [-0.39, 0.29) is 23.3 Å². The van der Waals surface area contributed by atoms with Gasteiger partial charge in [0.25, 0.3) is 0 Å². The number of aliphatic imine (C=N–C) groups is 1. The predicted octanol–water partition coefficient (Wildman–Crippen LogP) is 4.99. The van der Waals surface area contributed by atoms with Gasteiger partial charge in [-0.25, -0.2) is 4.99 Å². The van der Waals surface area contributed by atoms with Gasteiger partial charge in [0, 0.05) is 26.7 Å². The SMILES string of the molecule is COCCCN1C(=O)[C@H](CC(=O)Nc2cccc(Cl)c2Cl)SC1=Nc1ccccc1. The summed E-state index contributed by atoms with van der Waals surface area (Å²) in [5.41, 5.74) is 1.17. The fourth-order valence-electron chi connectivity index (χ4n) is 2.88. The minimum absolute atomic E-state index is 0.000922. The molecular formula is C21H21Cl2N3O3S. The molecule has 0 bridgehead atoms. The summed E-state index contributed by atoms with van der Waals surface area (Å²) in [5, 5.41) is 3.37. The summed E-state index contributed by atoms with van der Waals surface area (Å²) < 4.78 is 5.10. The monoisotopic (exact) mass is 465 g/mol. The molecular weight excluding hydrogens is 445 g/mol. The van der Waals surface area contributed by atoms with Crippen molar-refractivity contribution < 1.29 is 14.3 Å². The number of amidine groups is 1. The Hall–Kier alpha value is -2.06. The summed E-state index contributed by atoms with van der Waals surface area (Å²) >= 11 is 13.4. The highest BCUT2D eigenvalue weighted by molar-refractivity contribution is 8.15. The van der Waals surface area contributed by atoms with E-state index in [1.807, 2.05) is 30.3 Å². The van der Waals surface area contributed by atoms with Gasteiger partial charge in [0.05, 0.1) is 21.4 Å². The first-order valence-corrected chi connectivity index (χ1v) is 11.0. The molecule has 30 heavy (non-hydrogen) atoms. The van der Waals surface area contributed by atoms with Crippen LogP contribution in [0.4, 0.5) is 11.4 Å². The number of nitrogens with zero attached hydrogens (tertiary/aromatic N) is 2. The third-order valence-electron chi connectivity index (χ3n) is 4.33. The molecule has 0 spiro atoms. The van der Waals surface area contributed by atoms with E-state index in [4.69, 9.17) is 27.9 Å². The maximum atomic E-state index is 13.0. The second kappa shape index (κ2) is 10.8. The molecule has 1 heterocycles. The van der Waals surface area contributed by atoms with E-state index in [0.717, 1.165) is 5.69 Å². The summed E-state index contributed by atoms with van der Waals surface area (Å²) in [5.74, 6) is -0.457. The molecule has 1 aliphatic rings. The predicted molar refractivity (Wildman–Crippen MR) is 123 cm³/mol. The van der Waals surface area contributed by atoms with Crippen molar-refractivity contribution in [1.29, 1.82) is 0 Å². The fourth-order valence-corrected chi connectivity index (χ4v) is 4.41. The van der Waals surface area contributed by atoms with Crippen molar-refractivity contribution in [2.24, 2.45) is 4.99 Å². The highest BCUT2D eigenvalue weighted by Crippen LogP contribution is 2.33. The zero-order valence-corrected chi connectivity index (χ0v) is 18.6. The van der Waals surface area contributed by atoms with Crippen LogP contribution in [0, 0.1) is 0 Å². The average molecular weight is 466 g/mol. The minimum atomic E-state index is -0.562. The largest absolute Gasteiger partial charge is 0.385 e. The second-order valence-corrected chi connectivity index (χ2v) is 8.48. The molecule has 0 aliphatic carbocycles. The standard InChI is InChI=1S/C21H21Cl2N3O3S/c1-29-12-6-11-26-20(28)17(30-21(26)24-14-7-3-2-4-8-14)13-18(27)25-16-10-5-9-15(22)19(16)23/h2-5,7-10,17H,6,11-13H2,1H3,(H,25,27)/t17-/m0/s1. The Kier molecular flexibility index (Phi) is 8.16. The van der Waals surface area contributed by atoms with Gasteiger partial charge in [-0.3, -0.25) is 14.5 Å². The van der Waals surface area contributed by atoms with Crippen LogP contribution in [0.2, 0.25) is 10.0 Å². The number of benzene rings is 2. The highest BCUT2D eigenvalue weighted by atomic mass is 35.5. The first-order valence-electron chi connectivity index (χ1n) is 9.34. The molecule has 2 aromatic carbocycles. The van der Waals surface area contributed by atoms with E-state index in [0.29, 0.717) is 35.5 Å². The van der Waals surface area contributed by atoms with Gasteiger partial charge < -0.3 is 10.1 Å². The Morgan fingerprint density at radius 1 is 1.20 bits per heavy atom. The summed E-state index contributed by atoms with van der Waals surface area (Å²) in [6.45, 7) is 1.01. The van der Waals surface area contributed by atoms with Gasteiger partial charge >= 0.3 is 0 Å². The smallest absolute Gasteiger partial charge is 0.242 e. The van der Waals surface area contributed by atoms with Crippen molar-refractivity contribution >= 4 is 63.3 Å². The average Bonchev–Trinajstić information content (AvgIpc) is 3.01. The van der Waals surface area contributed by atoms with Crippen LogP contribution in [0.1, 0.15) is 12.8 Å². The van der Waals surface area contributed by atoms with E-state index in [1.165, 1.54) is 11.8 Å². The van der Waals surface area contributed by atoms with Crippen LogP contribution in [0.15, 0.2) is 53.5 Å². The number of carbonyl (C=O) groups is 2. The number of methoxy groups -OCH3 is 1. The molecule has 2 aromatic rings. The molecule has 0 aromatic heterocycles. The fraction of sp³-hybridized carbons (Fsp3) is 0.286. The lowest BCUT2D eigenvalue weighted by Crippen LogP contribution is -2.34. The van der Waals surface area contributed by atoms with Crippen molar-refractivity contribution in [2.45, 2.75) is 18.1 Å². The number of ether oxygens (including phenoxy) is 1. The van der Waals surface area contributed by atoms with Gasteiger partial charge in [-0.05, 0) is 30.7 Å². The highest BCUT2D eigenvalue weighted by Gasteiger charge is 2.39. The number of anilines is 1. The normalized spacial score (nSPS) is 17.6. The third kappa shape index (κ3) is 5.76. The maximum Gasteiger partial charge on any atom is 0.242 e. The van der Waals surface area contributed by atoms with E-state index < -0.39 is 5.25 Å². The van der Waals surface area contributed by atoms with Gasteiger partial charge in [-0.1, -0.05) is 59.2 Å². The molecule has 0 unspecified atom stereocenters. The zero-order chi connectivity index (χ0) is 21.5. The molecule has 0 saturated carbocycles. The second-order valence-electron chi connectivity index (χ2n) is 6.53. The van der Waals surface area contributed by atoms with Gasteiger partial charge in [0.1, 0.15) is 5.25 Å². The van der Waals surface area contributed by atoms with Crippen LogP contribution < -0.4 is 5.32 Å². The van der Waals surface area contributed by atoms with Crippen LogP contribution in [0.25, 0.3) is 0 Å². The van der Waals surface area contributed by atoms with Crippen LogP contribution in [-0.2, 0) is 14.3 Å². The number of rotatable bonds is 8. The van der Waals surface area contributed by atoms with Crippen molar-refractivity contribution in [3.8, 4) is 0 Å². The maximum absolute atomic E-state index is 13.0. The van der Waals surface area contributed by atoms with Crippen LogP contribution in [-0.4, -0.2) is 47.4 Å². The van der Waals surface area contributed by atoms with Crippen molar-refractivity contribution in [1.82, 2.24) is 4.90 Å².